The maximum atomic E-state index is 12.8. The van der Waals surface area contributed by atoms with E-state index in [9.17, 15) is 9.59 Å². The Balaban J connectivity index is 1.69. The van der Waals surface area contributed by atoms with Gasteiger partial charge < -0.3 is 15.0 Å². The predicted octanol–water partition coefficient (Wildman–Crippen LogP) is 3.99. The van der Waals surface area contributed by atoms with Gasteiger partial charge in [-0.05, 0) is 24.6 Å². The number of halogens is 2. The molecule has 0 saturated heterocycles. The second-order valence-corrected chi connectivity index (χ2v) is 6.75. The number of rotatable bonds is 6. The van der Waals surface area contributed by atoms with Gasteiger partial charge in [0.15, 0.2) is 0 Å². The first-order chi connectivity index (χ1) is 12.5. The fourth-order valence-electron chi connectivity index (χ4n) is 2.98. The molecule has 1 heterocycles. The number of amides is 2. The first-order valence-electron chi connectivity index (χ1n) is 8.23. The van der Waals surface area contributed by atoms with Crippen LogP contribution in [-0.2, 0) is 9.59 Å². The second kappa shape index (κ2) is 7.98. The summed E-state index contributed by atoms with van der Waals surface area (Å²) in [5, 5.41) is 3.72. The van der Waals surface area contributed by atoms with E-state index in [4.69, 9.17) is 27.9 Å². The monoisotopic (exact) mass is 392 g/mol. The van der Waals surface area contributed by atoms with E-state index in [1.807, 2.05) is 12.1 Å². The summed E-state index contributed by atoms with van der Waals surface area (Å²) in [6, 6.07) is 11.8. The molecule has 0 fully saturated rings. The van der Waals surface area contributed by atoms with E-state index in [1.165, 1.54) is 6.92 Å². The van der Waals surface area contributed by atoms with Gasteiger partial charge in [-0.25, -0.2) is 0 Å². The predicted molar refractivity (Wildman–Crippen MR) is 102 cm³/mol. The molecule has 5 nitrogen and oxygen atoms in total. The highest BCUT2D eigenvalue weighted by molar-refractivity contribution is 6.35. The van der Waals surface area contributed by atoms with Crippen molar-refractivity contribution in [3.63, 3.8) is 0 Å². The summed E-state index contributed by atoms with van der Waals surface area (Å²) in [7, 11) is 0. The van der Waals surface area contributed by atoms with Gasteiger partial charge in [-0.1, -0.05) is 47.5 Å². The molecular formula is C19H18Cl2N2O3. The number of nitrogens with one attached hydrogen (secondary N) is 1. The molecule has 0 saturated carbocycles. The Labute approximate surface area is 161 Å². The van der Waals surface area contributed by atoms with Crippen molar-refractivity contribution in [1.29, 1.82) is 0 Å². The van der Waals surface area contributed by atoms with Gasteiger partial charge in [0.1, 0.15) is 11.8 Å². The van der Waals surface area contributed by atoms with Crippen molar-refractivity contribution < 1.29 is 14.3 Å². The topological polar surface area (TPSA) is 58.6 Å². The van der Waals surface area contributed by atoms with Gasteiger partial charge in [-0.3, -0.25) is 9.59 Å². The summed E-state index contributed by atoms with van der Waals surface area (Å²) < 4.78 is 5.67. The van der Waals surface area contributed by atoms with Crippen molar-refractivity contribution >= 4 is 40.7 Å². The van der Waals surface area contributed by atoms with Crippen LogP contribution in [0, 0.1) is 0 Å². The van der Waals surface area contributed by atoms with Gasteiger partial charge >= 0.3 is 0 Å². The Kier molecular flexibility index (Phi) is 5.69. The van der Waals surface area contributed by atoms with Crippen LogP contribution in [-0.4, -0.2) is 25.0 Å². The van der Waals surface area contributed by atoms with E-state index in [2.05, 4.69) is 5.32 Å². The largest absolute Gasteiger partial charge is 0.492 e. The van der Waals surface area contributed by atoms with Crippen LogP contribution in [0.4, 0.5) is 5.69 Å². The Hall–Kier alpha value is -2.24. The molecule has 0 bridgehead atoms. The first kappa shape index (κ1) is 18.5. The molecule has 0 aliphatic carbocycles. The number of nitrogens with zero attached hydrogens (tertiary/aromatic N) is 1. The summed E-state index contributed by atoms with van der Waals surface area (Å²) in [6.07, 6.45) is 0.592. The van der Waals surface area contributed by atoms with E-state index < -0.39 is 6.04 Å². The Morgan fingerprint density at radius 3 is 2.62 bits per heavy atom. The molecule has 1 aliphatic rings. The molecule has 1 aliphatic heterocycles. The maximum Gasteiger partial charge on any atom is 0.254 e. The van der Waals surface area contributed by atoms with E-state index in [0.717, 1.165) is 0 Å². The first-order valence-corrected chi connectivity index (χ1v) is 8.99. The minimum absolute atomic E-state index is 0.193. The number of benzene rings is 2. The zero-order chi connectivity index (χ0) is 18.7. The highest BCUT2D eigenvalue weighted by Crippen LogP contribution is 2.41. The molecule has 7 heteroatoms. The van der Waals surface area contributed by atoms with Crippen molar-refractivity contribution in [2.24, 2.45) is 0 Å². The third-order valence-corrected chi connectivity index (χ3v) is 4.70. The number of ether oxygens (including phenoxy) is 1. The lowest BCUT2D eigenvalue weighted by Gasteiger charge is -2.19. The van der Waals surface area contributed by atoms with Crippen LogP contribution in [0.25, 0.3) is 0 Å². The van der Waals surface area contributed by atoms with Crippen molar-refractivity contribution in [1.82, 2.24) is 5.32 Å². The quantitative estimate of drug-likeness (QED) is 0.756. The van der Waals surface area contributed by atoms with Crippen molar-refractivity contribution in [3.05, 3.63) is 58.1 Å². The van der Waals surface area contributed by atoms with Crippen molar-refractivity contribution in [3.8, 4) is 5.75 Å². The summed E-state index contributed by atoms with van der Waals surface area (Å²) in [5.74, 6) is 0.149. The second-order valence-electron chi connectivity index (χ2n) is 5.93. The van der Waals surface area contributed by atoms with Gasteiger partial charge in [-0.15, -0.1) is 0 Å². The molecule has 3 rings (SSSR count). The summed E-state index contributed by atoms with van der Waals surface area (Å²) >= 11 is 12.4. The summed E-state index contributed by atoms with van der Waals surface area (Å²) in [6.45, 7) is 2.21. The lowest BCUT2D eigenvalue weighted by Crippen LogP contribution is -2.37. The lowest BCUT2D eigenvalue weighted by molar-refractivity contribution is -0.126. The summed E-state index contributed by atoms with van der Waals surface area (Å²) in [5.41, 5.74) is 1.36. The summed E-state index contributed by atoms with van der Waals surface area (Å²) in [4.78, 5) is 25.8. The average molecular weight is 393 g/mol. The van der Waals surface area contributed by atoms with Crippen LogP contribution in [0.1, 0.15) is 24.9 Å². The van der Waals surface area contributed by atoms with Gasteiger partial charge in [0.25, 0.3) is 5.91 Å². The molecule has 0 aromatic heterocycles. The minimum Gasteiger partial charge on any atom is -0.492 e. The highest BCUT2D eigenvalue weighted by atomic mass is 35.5. The van der Waals surface area contributed by atoms with E-state index in [0.29, 0.717) is 46.6 Å². The zero-order valence-electron chi connectivity index (χ0n) is 14.2. The fourth-order valence-corrected chi connectivity index (χ4v) is 3.45. The third-order valence-electron chi connectivity index (χ3n) is 4.08. The van der Waals surface area contributed by atoms with Gasteiger partial charge in [-0.2, -0.15) is 0 Å². The number of fused-ring (bicyclic) bond motifs is 1. The molecule has 2 amide bonds. The number of hydrogen-bond acceptors (Lipinski definition) is 3. The molecule has 0 spiro atoms. The minimum atomic E-state index is -0.703. The van der Waals surface area contributed by atoms with Crippen LogP contribution >= 0.6 is 23.2 Å². The van der Waals surface area contributed by atoms with Gasteiger partial charge in [0.05, 0.1) is 22.3 Å². The number of anilines is 1. The van der Waals surface area contributed by atoms with E-state index in [-0.39, 0.29) is 11.8 Å². The van der Waals surface area contributed by atoms with Crippen LogP contribution in [0.5, 0.6) is 5.75 Å². The van der Waals surface area contributed by atoms with Gasteiger partial charge in [0, 0.05) is 19.0 Å². The molecule has 26 heavy (non-hydrogen) atoms. The van der Waals surface area contributed by atoms with Crippen molar-refractivity contribution in [2.45, 2.75) is 19.4 Å². The van der Waals surface area contributed by atoms with Crippen LogP contribution in [0.15, 0.2) is 42.5 Å². The van der Waals surface area contributed by atoms with Crippen molar-refractivity contribution in [2.75, 3.05) is 18.1 Å². The average Bonchev–Trinajstić information content (AvgIpc) is 2.86. The smallest absolute Gasteiger partial charge is 0.254 e. The molecule has 1 N–H and O–H groups in total. The molecule has 2 aromatic carbocycles. The SMILES string of the molecule is CC(=O)NC1C(=O)N(CCCOc2ccccc2Cl)c2c(Cl)cccc21. The number of carbonyl (C=O) groups is 2. The fraction of sp³-hybridized carbons (Fsp3) is 0.263. The Morgan fingerprint density at radius 1 is 1.15 bits per heavy atom. The molecule has 0 radical (unpaired) electrons. The standard InChI is InChI=1S/C19H18Cl2N2O3/c1-12(24)22-17-13-6-4-8-15(21)18(13)23(19(17)25)10-5-11-26-16-9-3-2-7-14(16)20/h2-4,6-9,17H,5,10-11H2,1H3,(H,22,24). The van der Waals surface area contributed by atoms with Crippen LogP contribution < -0.4 is 15.0 Å². The van der Waals surface area contributed by atoms with Crippen LogP contribution in [0.2, 0.25) is 10.0 Å². The van der Waals surface area contributed by atoms with E-state index >= 15 is 0 Å². The molecule has 1 atom stereocenters. The van der Waals surface area contributed by atoms with Crippen LogP contribution in [0.3, 0.4) is 0 Å². The Morgan fingerprint density at radius 2 is 1.88 bits per heavy atom. The van der Waals surface area contributed by atoms with Gasteiger partial charge in [0.2, 0.25) is 5.91 Å². The molecular weight excluding hydrogens is 375 g/mol. The molecule has 2 aromatic rings. The molecule has 136 valence electrons. The molecule has 1 unspecified atom stereocenters. The maximum absolute atomic E-state index is 12.8. The number of hydrogen-bond donors (Lipinski definition) is 1. The number of carbonyl (C=O) groups excluding carboxylic acids is 2. The van der Waals surface area contributed by atoms with E-state index in [1.54, 1.807) is 35.2 Å². The normalized spacial score (nSPS) is 15.7. The zero-order valence-corrected chi connectivity index (χ0v) is 15.7. The third kappa shape index (κ3) is 3.79. The number of para-hydroxylation sites is 2. The Bertz CT molecular complexity index is 841. The lowest BCUT2D eigenvalue weighted by atomic mass is 10.1. The highest BCUT2D eigenvalue weighted by Gasteiger charge is 2.38.